The topological polar surface area (TPSA) is 54.0 Å². The number of amides is 1. The van der Waals surface area contributed by atoms with Crippen molar-refractivity contribution in [3.8, 4) is 0 Å². The molecule has 120 valence electrons. The highest BCUT2D eigenvalue weighted by atomic mass is 35.5. The molecule has 0 spiro atoms. The minimum Gasteiger partial charge on any atom is -0.382 e. The SMILES string of the molecule is O=C(Nc1cc(Cl)cc(Cl)c1)c1cc(NC2CCCC2)ccn1. The smallest absolute Gasteiger partial charge is 0.274 e. The van der Waals surface area contributed by atoms with E-state index in [2.05, 4.69) is 15.6 Å². The number of hydrogen-bond donors (Lipinski definition) is 2. The maximum atomic E-state index is 12.3. The van der Waals surface area contributed by atoms with E-state index >= 15 is 0 Å². The van der Waals surface area contributed by atoms with Crippen LogP contribution in [-0.4, -0.2) is 16.9 Å². The molecule has 0 unspecified atom stereocenters. The van der Waals surface area contributed by atoms with Crippen LogP contribution in [-0.2, 0) is 0 Å². The van der Waals surface area contributed by atoms with Crippen LogP contribution in [0.15, 0.2) is 36.5 Å². The van der Waals surface area contributed by atoms with E-state index in [4.69, 9.17) is 23.2 Å². The van der Waals surface area contributed by atoms with Gasteiger partial charge in [0.25, 0.3) is 5.91 Å². The molecule has 1 heterocycles. The molecule has 3 rings (SSSR count). The van der Waals surface area contributed by atoms with E-state index in [0.717, 1.165) is 5.69 Å². The fraction of sp³-hybridized carbons (Fsp3) is 0.294. The quantitative estimate of drug-likeness (QED) is 0.816. The maximum absolute atomic E-state index is 12.3. The first-order valence-electron chi connectivity index (χ1n) is 7.60. The van der Waals surface area contributed by atoms with E-state index in [1.807, 2.05) is 6.07 Å². The van der Waals surface area contributed by atoms with Gasteiger partial charge in [0.2, 0.25) is 0 Å². The van der Waals surface area contributed by atoms with E-state index < -0.39 is 0 Å². The van der Waals surface area contributed by atoms with Crippen molar-refractivity contribution in [1.82, 2.24) is 4.98 Å². The van der Waals surface area contributed by atoms with Gasteiger partial charge in [-0.3, -0.25) is 9.78 Å². The Morgan fingerprint density at radius 2 is 1.74 bits per heavy atom. The molecule has 1 aliphatic rings. The van der Waals surface area contributed by atoms with Gasteiger partial charge in [-0.05, 0) is 43.2 Å². The summed E-state index contributed by atoms with van der Waals surface area (Å²) in [6, 6.07) is 9.03. The predicted octanol–water partition coefficient (Wildman–Crippen LogP) is 5.00. The summed E-state index contributed by atoms with van der Waals surface area (Å²) in [5.41, 5.74) is 1.81. The number of carbonyl (C=O) groups is 1. The summed E-state index contributed by atoms with van der Waals surface area (Å²) in [6.07, 6.45) is 6.49. The average molecular weight is 350 g/mol. The van der Waals surface area contributed by atoms with Crippen molar-refractivity contribution in [3.63, 3.8) is 0 Å². The van der Waals surface area contributed by atoms with E-state index in [1.54, 1.807) is 30.5 Å². The number of benzene rings is 1. The number of aromatic nitrogens is 1. The second-order valence-electron chi connectivity index (χ2n) is 5.67. The summed E-state index contributed by atoms with van der Waals surface area (Å²) in [5.74, 6) is -0.293. The van der Waals surface area contributed by atoms with Crippen molar-refractivity contribution in [3.05, 3.63) is 52.3 Å². The van der Waals surface area contributed by atoms with E-state index in [9.17, 15) is 4.79 Å². The lowest BCUT2D eigenvalue weighted by atomic mass is 10.2. The summed E-state index contributed by atoms with van der Waals surface area (Å²) in [4.78, 5) is 16.5. The molecule has 1 aromatic carbocycles. The highest BCUT2D eigenvalue weighted by Gasteiger charge is 2.15. The fourth-order valence-corrected chi connectivity index (χ4v) is 3.30. The second-order valence-corrected chi connectivity index (χ2v) is 6.54. The van der Waals surface area contributed by atoms with Crippen molar-refractivity contribution in [2.24, 2.45) is 0 Å². The lowest BCUT2D eigenvalue weighted by Gasteiger charge is -2.14. The van der Waals surface area contributed by atoms with Crippen LogP contribution < -0.4 is 10.6 Å². The minimum absolute atomic E-state index is 0.293. The summed E-state index contributed by atoms with van der Waals surface area (Å²) in [7, 11) is 0. The van der Waals surface area contributed by atoms with Gasteiger partial charge in [0.1, 0.15) is 5.69 Å². The number of pyridine rings is 1. The zero-order valence-corrected chi connectivity index (χ0v) is 14.0. The van der Waals surface area contributed by atoms with Crippen molar-refractivity contribution in [2.45, 2.75) is 31.7 Å². The van der Waals surface area contributed by atoms with Crippen molar-refractivity contribution in [2.75, 3.05) is 10.6 Å². The molecule has 0 saturated heterocycles. The van der Waals surface area contributed by atoms with Crippen LogP contribution in [0.5, 0.6) is 0 Å². The first kappa shape index (κ1) is 16.1. The van der Waals surface area contributed by atoms with Gasteiger partial charge in [0.05, 0.1) is 0 Å². The molecule has 1 saturated carbocycles. The van der Waals surface area contributed by atoms with E-state index in [0.29, 0.717) is 27.5 Å². The van der Waals surface area contributed by atoms with Crippen LogP contribution in [0.4, 0.5) is 11.4 Å². The second kappa shape index (κ2) is 7.20. The molecule has 1 aliphatic carbocycles. The molecule has 1 amide bonds. The Hall–Kier alpha value is -1.78. The molecule has 2 N–H and O–H groups in total. The van der Waals surface area contributed by atoms with Crippen LogP contribution >= 0.6 is 23.2 Å². The number of carbonyl (C=O) groups excluding carboxylic acids is 1. The van der Waals surface area contributed by atoms with Gasteiger partial charge in [-0.15, -0.1) is 0 Å². The predicted molar refractivity (Wildman–Crippen MR) is 94.5 cm³/mol. The monoisotopic (exact) mass is 349 g/mol. The largest absolute Gasteiger partial charge is 0.382 e. The molecule has 4 nitrogen and oxygen atoms in total. The third-order valence-corrected chi connectivity index (χ3v) is 4.28. The van der Waals surface area contributed by atoms with E-state index in [-0.39, 0.29) is 5.91 Å². The molecular weight excluding hydrogens is 333 g/mol. The van der Waals surface area contributed by atoms with Crippen LogP contribution in [0.3, 0.4) is 0 Å². The zero-order chi connectivity index (χ0) is 16.2. The van der Waals surface area contributed by atoms with Crippen LogP contribution in [0, 0.1) is 0 Å². The Balaban J connectivity index is 1.71. The molecular formula is C17H17Cl2N3O. The van der Waals surface area contributed by atoms with Gasteiger partial charge in [-0.1, -0.05) is 36.0 Å². The van der Waals surface area contributed by atoms with E-state index in [1.165, 1.54) is 25.7 Å². The molecule has 1 aromatic heterocycles. The first-order valence-corrected chi connectivity index (χ1v) is 8.36. The van der Waals surface area contributed by atoms with Crippen molar-refractivity contribution >= 4 is 40.5 Å². The van der Waals surface area contributed by atoms with Gasteiger partial charge < -0.3 is 10.6 Å². The Kier molecular flexibility index (Phi) is 5.03. The van der Waals surface area contributed by atoms with Gasteiger partial charge in [0, 0.05) is 33.7 Å². The summed E-state index contributed by atoms with van der Waals surface area (Å²) in [6.45, 7) is 0. The van der Waals surface area contributed by atoms with Crippen LogP contribution in [0.1, 0.15) is 36.2 Å². The van der Waals surface area contributed by atoms with Gasteiger partial charge in [-0.2, -0.15) is 0 Å². The third kappa shape index (κ3) is 4.36. The van der Waals surface area contributed by atoms with Crippen molar-refractivity contribution < 1.29 is 4.79 Å². The number of halogens is 2. The number of rotatable bonds is 4. The molecule has 1 fully saturated rings. The van der Waals surface area contributed by atoms with Crippen LogP contribution in [0.25, 0.3) is 0 Å². The Morgan fingerprint density at radius 1 is 1.04 bits per heavy atom. The molecule has 2 aromatic rings. The fourth-order valence-electron chi connectivity index (χ4n) is 2.77. The molecule has 0 radical (unpaired) electrons. The van der Waals surface area contributed by atoms with Crippen molar-refractivity contribution in [1.29, 1.82) is 0 Å². The lowest BCUT2D eigenvalue weighted by molar-refractivity contribution is 0.102. The molecule has 0 aliphatic heterocycles. The minimum atomic E-state index is -0.293. The molecule has 23 heavy (non-hydrogen) atoms. The third-order valence-electron chi connectivity index (χ3n) is 3.84. The number of anilines is 2. The van der Waals surface area contributed by atoms with Gasteiger partial charge >= 0.3 is 0 Å². The maximum Gasteiger partial charge on any atom is 0.274 e. The number of hydrogen-bond acceptors (Lipinski definition) is 3. The average Bonchev–Trinajstić information content (AvgIpc) is 2.99. The summed E-state index contributed by atoms with van der Waals surface area (Å²) >= 11 is 11.9. The molecule has 6 heteroatoms. The normalized spacial score (nSPS) is 14.7. The Bertz CT molecular complexity index is 694. The summed E-state index contributed by atoms with van der Waals surface area (Å²) in [5, 5.41) is 7.16. The Morgan fingerprint density at radius 3 is 2.43 bits per heavy atom. The van der Waals surface area contributed by atoms with Crippen LogP contribution in [0.2, 0.25) is 10.0 Å². The standard InChI is InChI=1S/C17H17Cl2N3O/c18-11-7-12(19)9-15(8-11)22-17(23)16-10-14(5-6-20-16)21-13-3-1-2-4-13/h5-10,13H,1-4H2,(H,20,21)(H,22,23). The lowest BCUT2D eigenvalue weighted by Crippen LogP contribution is -2.17. The van der Waals surface area contributed by atoms with Gasteiger partial charge in [0.15, 0.2) is 0 Å². The first-order chi connectivity index (χ1) is 11.1. The number of nitrogens with zero attached hydrogens (tertiary/aromatic N) is 1. The molecule has 0 bridgehead atoms. The molecule has 0 atom stereocenters. The number of nitrogens with one attached hydrogen (secondary N) is 2. The zero-order valence-electron chi connectivity index (χ0n) is 12.5. The highest BCUT2D eigenvalue weighted by molar-refractivity contribution is 6.35. The Labute approximate surface area is 145 Å². The van der Waals surface area contributed by atoms with Gasteiger partial charge in [-0.25, -0.2) is 0 Å². The summed E-state index contributed by atoms with van der Waals surface area (Å²) < 4.78 is 0. The highest BCUT2D eigenvalue weighted by Crippen LogP contribution is 2.24.